The van der Waals surface area contributed by atoms with Gasteiger partial charge in [-0.2, -0.15) is 0 Å². The van der Waals surface area contributed by atoms with Gasteiger partial charge in [0.2, 0.25) is 5.91 Å². The Hall–Kier alpha value is -5.06. The maximum absolute atomic E-state index is 12.5. The number of carbonyl (C=O) groups excluding carboxylic acids is 4. The molecule has 3 aromatic carbocycles. The lowest BCUT2D eigenvalue weighted by atomic mass is 10.1. The van der Waals surface area contributed by atoms with Crippen molar-refractivity contribution in [1.82, 2.24) is 10.4 Å². The number of aryl methyl sites for hydroxylation is 1. The topological polar surface area (TPSA) is 145 Å². The summed E-state index contributed by atoms with van der Waals surface area (Å²) in [7, 11) is 0. The van der Waals surface area contributed by atoms with Crippen molar-refractivity contribution in [3.63, 3.8) is 0 Å². The second-order valence-electron chi connectivity index (χ2n) is 8.62. The van der Waals surface area contributed by atoms with Crippen LogP contribution in [0.1, 0.15) is 32.7 Å². The minimum atomic E-state index is -0.814. The summed E-state index contributed by atoms with van der Waals surface area (Å²) < 4.78 is 10.7. The van der Waals surface area contributed by atoms with Crippen molar-refractivity contribution in [3.8, 4) is 11.5 Å². The van der Waals surface area contributed by atoms with Gasteiger partial charge in [-0.3, -0.25) is 39.7 Å². The minimum absolute atomic E-state index is 0.0574. The summed E-state index contributed by atoms with van der Waals surface area (Å²) in [4.78, 5) is 59.9. The monoisotopic (exact) mass is 517 g/mol. The van der Waals surface area contributed by atoms with E-state index < -0.39 is 41.0 Å². The van der Waals surface area contributed by atoms with E-state index in [1.807, 2.05) is 13.0 Å². The maximum Gasteiger partial charge on any atom is 0.311 e. The molecule has 38 heavy (non-hydrogen) atoms. The number of esters is 1. The quantitative estimate of drug-likeness (QED) is 0.196. The average molecular weight is 517 g/mol. The molecule has 0 bridgehead atoms. The third kappa shape index (κ3) is 6.38. The first-order chi connectivity index (χ1) is 18.2. The van der Waals surface area contributed by atoms with Crippen molar-refractivity contribution in [2.75, 3.05) is 13.2 Å². The van der Waals surface area contributed by atoms with Gasteiger partial charge in [-0.15, -0.1) is 0 Å². The Kier molecular flexibility index (Phi) is 7.76. The first-order valence-corrected chi connectivity index (χ1v) is 11.6. The minimum Gasteiger partial charge on any atom is -0.457 e. The molecule has 0 radical (unpaired) electrons. The zero-order valence-corrected chi connectivity index (χ0v) is 20.3. The van der Waals surface area contributed by atoms with E-state index in [1.54, 1.807) is 30.3 Å². The largest absolute Gasteiger partial charge is 0.457 e. The van der Waals surface area contributed by atoms with Crippen molar-refractivity contribution in [1.29, 1.82) is 0 Å². The Morgan fingerprint density at radius 1 is 1.00 bits per heavy atom. The van der Waals surface area contributed by atoms with E-state index in [1.165, 1.54) is 36.4 Å². The molecule has 1 N–H and O–H groups in total. The van der Waals surface area contributed by atoms with E-state index in [9.17, 15) is 29.3 Å². The van der Waals surface area contributed by atoms with Gasteiger partial charge in [-0.1, -0.05) is 17.7 Å². The molecule has 1 heterocycles. The normalized spacial score (nSPS) is 14.6. The Morgan fingerprint density at radius 3 is 2.29 bits per heavy atom. The van der Waals surface area contributed by atoms with Crippen LogP contribution in [0.25, 0.3) is 0 Å². The lowest BCUT2D eigenvalue weighted by molar-refractivity contribution is -0.384. The highest BCUT2D eigenvalue weighted by atomic mass is 16.6. The number of benzene rings is 3. The Bertz CT molecular complexity index is 1390. The number of carbonyl (C=O) groups is 4. The van der Waals surface area contributed by atoms with Crippen LogP contribution in [0, 0.1) is 23.0 Å². The lowest BCUT2D eigenvalue weighted by Crippen LogP contribution is -2.43. The molecule has 0 spiro atoms. The van der Waals surface area contributed by atoms with Crippen LogP contribution in [-0.4, -0.2) is 46.7 Å². The standard InChI is InChI=1S/C27H23N3O8/c1-17-3-2-4-19(13-17)26(33)28-29-15-20(14-25(29)32)27(34)37-16-24(31)18-5-9-22(10-6-18)38-23-11-7-21(8-12-23)30(35)36/h2-13,20H,14-16H2,1H3,(H,28,33)/t20-/m0/s1. The highest BCUT2D eigenvalue weighted by molar-refractivity contribution is 5.99. The fourth-order valence-corrected chi connectivity index (χ4v) is 3.77. The molecule has 11 heteroatoms. The van der Waals surface area contributed by atoms with Crippen LogP contribution in [0.4, 0.5) is 5.69 Å². The van der Waals surface area contributed by atoms with E-state index in [2.05, 4.69) is 5.43 Å². The molecule has 1 fully saturated rings. The molecule has 1 aliphatic heterocycles. The number of hydrogen-bond donors (Lipinski definition) is 1. The van der Waals surface area contributed by atoms with Gasteiger partial charge in [0.1, 0.15) is 11.5 Å². The number of amides is 2. The van der Waals surface area contributed by atoms with Crippen LogP contribution in [0.5, 0.6) is 11.5 Å². The molecule has 0 aliphatic carbocycles. The number of rotatable bonds is 9. The first kappa shape index (κ1) is 26.0. The smallest absolute Gasteiger partial charge is 0.311 e. The number of nitro benzene ring substituents is 1. The number of Topliss-reactive ketones (excluding diaryl/α,β-unsaturated/α-hetero) is 1. The number of ketones is 1. The van der Waals surface area contributed by atoms with Crippen LogP contribution in [0.3, 0.4) is 0 Å². The van der Waals surface area contributed by atoms with Crippen molar-refractivity contribution < 1.29 is 33.6 Å². The molecular formula is C27H23N3O8. The highest BCUT2D eigenvalue weighted by Crippen LogP contribution is 2.24. The number of non-ortho nitro benzene ring substituents is 1. The van der Waals surface area contributed by atoms with Gasteiger partial charge in [0.15, 0.2) is 12.4 Å². The Morgan fingerprint density at radius 2 is 1.66 bits per heavy atom. The molecule has 0 saturated carbocycles. The fraction of sp³-hybridized carbons (Fsp3) is 0.185. The zero-order valence-electron chi connectivity index (χ0n) is 20.3. The summed E-state index contributed by atoms with van der Waals surface area (Å²) in [5.74, 6) is -2.07. The van der Waals surface area contributed by atoms with Gasteiger partial charge in [-0.05, 0) is 55.5 Å². The van der Waals surface area contributed by atoms with E-state index in [0.717, 1.165) is 10.6 Å². The predicted molar refractivity (Wildman–Crippen MR) is 133 cm³/mol. The number of hydrazine groups is 1. The van der Waals surface area contributed by atoms with Gasteiger partial charge in [0.25, 0.3) is 11.6 Å². The molecule has 194 valence electrons. The third-order valence-electron chi connectivity index (χ3n) is 5.78. The molecule has 0 aromatic heterocycles. The van der Waals surface area contributed by atoms with Gasteiger partial charge in [0.05, 0.1) is 17.4 Å². The van der Waals surface area contributed by atoms with Crippen molar-refractivity contribution in [3.05, 3.63) is 99.6 Å². The number of nitrogens with zero attached hydrogens (tertiary/aromatic N) is 2. The van der Waals surface area contributed by atoms with E-state index in [4.69, 9.17) is 9.47 Å². The predicted octanol–water partition coefficient (Wildman–Crippen LogP) is 3.61. The fourth-order valence-electron chi connectivity index (χ4n) is 3.77. The lowest BCUT2D eigenvalue weighted by Gasteiger charge is -2.17. The Balaban J connectivity index is 1.26. The summed E-state index contributed by atoms with van der Waals surface area (Å²) in [6.45, 7) is 1.27. The summed E-state index contributed by atoms with van der Waals surface area (Å²) in [6.07, 6.45) is -0.143. The molecule has 1 atom stereocenters. The molecule has 1 aliphatic rings. The van der Waals surface area contributed by atoms with Crippen LogP contribution in [0.15, 0.2) is 72.8 Å². The molecular weight excluding hydrogens is 494 g/mol. The third-order valence-corrected chi connectivity index (χ3v) is 5.78. The van der Waals surface area contributed by atoms with E-state index in [0.29, 0.717) is 17.1 Å². The Labute approximate surface area is 217 Å². The molecule has 4 rings (SSSR count). The number of ether oxygens (including phenoxy) is 2. The number of nitrogens with one attached hydrogen (secondary N) is 1. The zero-order chi connectivity index (χ0) is 27.2. The van der Waals surface area contributed by atoms with Gasteiger partial charge in [0, 0.05) is 29.7 Å². The van der Waals surface area contributed by atoms with Gasteiger partial charge < -0.3 is 9.47 Å². The van der Waals surface area contributed by atoms with Crippen LogP contribution in [-0.2, 0) is 14.3 Å². The van der Waals surface area contributed by atoms with E-state index >= 15 is 0 Å². The van der Waals surface area contributed by atoms with Crippen LogP contribution >= 0.6 is 0 Å². The van der Waals surface area contributed by atoms with Crippen molar-refractivity contribution in [2.24, 2.45) is 5.92 Å². The molecule has 2 amide bonds. The SMILES string of the molecule is Cc1cccc(C(=O)NN2C[C@@H](C(=O)OCC(=O)c3ccc(Oc4ccc([N+](=O)[O-])cc4)cc3)CC2=O)c1. The molecule has 3 aromatic rings. The second kappa shape index (κ2) is 11.3. The summed E-state index contributed by atoms with van der Waals surface area (Å²) >= 11 is 0. The second-order valence-corrected chi connectivity index (χ2v) is 8.62. The summed E-state index contributed by atoms with van der Waals surface area (Å²) in [5.41, 5.74) is 4.01. The van der Waals surface area contributed by atoms with Gasteiger partial charge >= 0.3 is 5.97 Å². The highest BCUT2D eigenvalue weighted by Gasteiger charge is 2.36. The molecule has 0 unspecified atom stereocenters. The van der Waals surface area contributed by atoms with Crippen molar-refractivity contribution >= 4 is 29.3 Å². The maximum atomic E-state index is 12.5. The van der Waals surface area contributed by atoms with E-state index in [-0.39, 0.29) is 24.2 Å². The van der Waals surface area contributed by atoms with Crippen LogP contribution < -0.4 is 10.2 Å². The number of nitro groups is 1. The molecule has 1 saturated heterocycles. The van der Waals surface area contributed by atoms with Crippen LogP contribution in [0.2, 0.25) is 0 Å². The van der Waals surface area contributed by atoms with Crippen molar-refractivity contribution in [2.45, 2.75) is 13.3 Å². The number of hydrogen-bond acceptors (Lipinski definition) is 8. The summed E-state index contributed by atoms with van der Waals surface area (Å²) in [5, 5.41) is 11.8. The first-order valence-electron chi connectivity index (χ1n) is 11.6. The molecule has 11 nitrogen and oxygen atoms in total. The van der Waals surface area contributed by atoms with Gasteiger partial charge in [-0.25, -0.2) is 0 Å². The average Bonchev–Trinajstić information content (AvgIpc) is 3.27. The summed E-state index contributed by atoms with van der Waals surface area (Å²) in [6, 6.07) is 18.5.